The summed E-state index contributed by atoms with van der Waals surface area (Å²) >= 11 is 0. The number of nitrogens with one attached hydrogen (secondary N) is 2. The third-order valence-corrected chi connectivity index (χ3v) is 8.46. The van der Waals surface area contributed by atoms with Crippen molar-refractivity contribution in [1.82, 2.24) is 19.9 Å². The van der Waals surface area contributed by atoms with Crippen molar-refractivity contribution in [2.45, 2.75) is 0 Å². The Bertz CT molecular complexity index is 2220. The maximum Gasteiger partial charge on any atom is 0.173 e. The number of fused-ring (bicyclic) bond motifs is 20. The molecule has 0 spiro atoms. The summed E-state index contributed by atoms with van der Waals surface area (Å²) in [5.41, 5.74) is 1.13. The summed E-state index contributed by atoms with van der Waals surface area (Å²) in [5, 5.41) is 1.63. The second kappa shape index (κ2) is 8.87. The highest BCUT2D eigenvalue weighted by atomic mass is 19.1. The quantitative estimate of drug-likeness (QED) is 0.175. The first-order valence-electron chi connectivity index (χ1n) is 14.0. The molecule has 9 rings (SSSR count). The Balaban J connectivity index is 1.60. The summed E-state index contributed by atoms with van der Waals surface area (Å²) < 4.78 is 66.7. The van der Waals surface area contributed by atoms with Crippen LogP contribution < -0.4 is 0 Å². The highest BCUT2D eigenvalue weighted by Gasteiger charge is 2.28. The second-order valence-corrected chi connectivity index (χ2v) is 10.8. The van der Waals surface area contributed by atoms with Crippen molar-refractivity contribution in [2.75, 3.05) is 0 Å². The van der Waals surface area contributed by atoms with E-state index in [0.29, 0.717) is 43.8 Å². The zero-order valence-corrected chi connectivity index (χ0v) is 22.6. The molecule has 210 valence electrons. The first-order chi connectivity index (χ1) is 21.5. The molecule has 0 atom stereocenters. The maximum atomic E-state index is 16.7. The Morgan fingerprint density at radius 2 is 0.568 bits per heavy atom. The molecule has 0 amide bonds. The van der Waals surface area contributed by atoms with Crippen LogP contribution in [0, 0.1) is 23.3 Å². The molecule has 0 radical (unpaired) electrons. The molecule has 0 fully saturated rings. The molecule has 5 heterocycles. The molecule has 44 heavy (non-hydrogen) atoms. The van der Waals surface area contributed by atoms with Crippen LogP contribution in [-0.2, 0) is 0 Å². The van der Waals surface area contributed by atoms with Crippen LogP contribution in [0.2, 0.25) is 0 Å². The average molecular weight is 583 g/mol. The molecule has 4 aromatic carbocycles. The number of H-pyrrole nitrogens is 2. The average Bonchev–Trinajstić information content (AvgIpc) is 3.84. The van der Waals surface area contributed by atoms with E-state index in [2.05, 4.69) is 19.9 Å². The zero-order chi connectivity index (χ0) is 29.7. The molecule has 0 aliphatic carbocycles. The molecule has 7 aromatic rings. The van der Waals surface area contributed by atoms with Crippen LogP contribution in [0.4, 0.5) is 17.6 Å². The second-order valence-electron chi connectivity index (χ2n) is 10.8. The van der Waals surface area contributed by atoms with E-state index >= 15 is 17.6 Å². The lowest BCUT2D eigenvalue weighted by atomic mass is 10.0. The van der Waals surface area contributed by atoms with Gasteiger partial charge in [0.1, 0.15) is 22.8 Å². The van der Waals surface area contributed by atoms with E-state index in [-0.39, 0.29) is 44.8 Å². The van der Waals surface area contributed by atoms with Crippen LogP contribution in [0.25, 0.3) is 88.6 Å². The van der Waals surface area contributed by atoms with Crippen molar-refractivity contribution in [2.24, 2.45) is 0 Å². The maximum absolute atomic E-state index is 16.7. The smallest absolute Gasteiger partial charge is 0.173 e. The van der Waals surface area contributed by atoms with Crippen LogP contribution in [0.1, 0.15) is 0 Å². The number of hydrogen-bond donors (Lipinski definition) is 2. The number of nitrogens with zero attached hydrogens (tertiary/aromatic N) is 2. The number of aromatic amines is 2. The fourth-order valence-corrected chi connectivity index (χ4v) is 6.45. The SMILES string of the molecule is Fc1c2nc(c(F)c3[nH]c(c(F)c4nc(c(F)c5[nH]c1c1ccccc51)-c1ccccc1-4)c1ccccc31)-c1ccccc1-2. The minimum Gasteiger partial charge on any atom is -0.350 e. The number of rotatable bonds is 0. The predicted octanol–water partition coefficient (Wildman–Crippen LogP) is 9.85. The Morgan fingerprint density at radius 3 is 0.818 bits per heavy atom. The number of hydrogen-bond acceptors (Lipinski definition) is 2. The fraction of sp³-hybridized carbons (Fsp3) is 0. The Hall–Kier alpha value is -5.76. The van der Waals surface area contributed by atoms with E-state index in [9.17, 15) is 0 Å². The Kier molecular flexibility index (Phi) is 5.00. The van der Waals surface area contributed by atoms with Crippen LogP contribution in [0.5, 0.6) is 0 Å². The summed E-state index contributed by atoms with van der Waals surface area (Å²) in [6.07, 6.45) is 0. The van der Waals surface area contributed by atoms with Crippen LogP contribution in [-0.4, -0.2) is 19.9 Å². The van der Waals surface area contributed by atoms with Gasteiger partial charge in [-0.3, -0.25) is 0 Å². The van der Waals surface area contributed by atoms with Gasteiger partial charge >= 0.3 is 0 Å². The minimum atomic E-state index is -0.764. The normalized spacial score (nSPS) is 12.1. The third-order valence-electron chi connectivity index (χ3n) is 8.46. The summed E-state index contributed by atoms with van der Waals surface area (Å²) in [6, 6.07) is 27.1. The third kappa shape index (κ3) is 3.22. The van der Waals surface area contributed by atoms with Gasteiger partial charge in [-0.25, -0.2) is 27.5 Å². The molecule has 0 saturated heterocycles. The summed E-state index contributed by atoms with van der Waals surface area (Å²) in [4.78, 5) is 14.8. The van der Waals surface area contributed by atoms with Crippen molar-refractivity contribution in [3.05, 3.63) is 120 Å². The van der Waals surface area contributed by atoms with Crippen LogP contribution in [0.15, 0.2) is 97.1 Å². The first kappa shape index (κ1) is 24.8. The zero-order valence-electron chi connectivity index (χ0n) is 22.6. The van der Waals surface area contributed by atoms with Gasteiger partial charge in [0, 0.05) is 43.8 Å². The van der Waals surface area contributed by atoms with Gasteiger partial charge in [-0.2, -0.15) is 0 Å². The highest BCUT2D eigenvalue weighted by Crippen LogP contribution is 2.43. The van der Waals surface area contributed by atoms with E-state index in [1.165, 1.54) is 0 Å². The standard InChI is InChI=1S/C36H18F4N4/c37-25-29-17-9-1-2-10-18(17)30(41-29)26(38)32-21-13-5-6-14-22(21)34(43-32)28(40)36-24-16-8-7-15-23(24)35(44-36)27(39)33-20-12-4-3-11-19(20)31(25)42-33/h1-16,41,44H. The molecule has 2 aliphatic rings. The summed E-state index contributed by atoms with van der Waals surface area (Å²) in [5.74, 6) is -3.06. The van der Waals surface area contributed by atoms with Gasteiger partial charge in [0.05, 0.1) is 22.1 Å². The Morgan fingerprint density at radius 1 is 0.341 bits per heavy atom. The number of benzene rings is 4. The predicted molar refractivity (Wildman–Crippen MR) is 165 cm³/mol. The van der Waals surface area contributed by atoms with Gasteiger partial charge in [-0.15, -0.1) is 0 Å². The van der Waals surface area contributed by atoms with Gasteiger partial charge in [0.2, 0.25) is 0 Å². The van der Waals surface area contributed by atoms with Crippen molar-refractivity contribution in [3.63, 3.8) is 0 Å². The van der Waals surface area contributed by atoms with Crippen molar-refractivity contribution >= 4 is 43.6 Å². The molecule has 2 aliphatic heterocycles. The highest BCUT2D eigenvalue weighted by molar-refractivity contribution is 6.10. The van der Waals surface area contributed by atoms with Crippen molar-refractivity contribution < 1.29 is 17.6 Å². The molecule has 0 saturated carbocycles. The molecule has 4 nitrogen and oxygen atoms in total. The molecule has 8 bridgehead atoms. The Labute approximate surface area is 246 Å². The van der Waals surface area contributed by atoms with Gasteiger partial charge < -0.3 is 9.97 Å². The van der Waals surface area contributed by atoms with Crippen LogP contribution >= 0.6 is 0 Å². The van der Waals surface area contributed by atoms with Crippen molar-refractivity contribution in [3.8, 4) is 45.0 Å². The fourth-order valence-electron chi connectivity index (χ4n) is 6.45. The van der Waals surface area contributed by atoms with Crippen molar-refractivity contribution in [1.29, 1.82) is 0 Å². The molecular weight excluding hydrogens is 564 g/mol. The van der Waals surface area contributed by atoms with E-state index in [1.807, 2.05) is 0 Å². The number of halogens is 4. The summed E-state index contributed by atoms with van der Waals surface area (Å²) in [6.45, 7) is 0. The molecule has 0 unspecified atom stereocenters. The van der Waals surface area contributed by atoms with Gasteiger partial charge in [-0.1, -0.05) is 97.1 Å². The van der Waals surface area contributed by atoms with E-state index in [0.717, 1.165) is 0 Å². The molecule has 8 heteroatoms. The first-order valence-corrected chi connectivity index (χ1v) is 14.0. The van der Waals surface area contributed by atoms with E-state index < -0.39 is 23.3 Å². The molecule has 2 N–H and O–H groups in total. The van der Waals surface area contributed by atoms with Crippen LogP contribution in [0.3, 0.4) is 0 Å². The van der Waals surface area contributed by atoms with Gasteiger partial charge in [-0.05, 0) is 0 Å². The topological polar surface area (TPSA) is 57.4 Å². The molecular formula is C36H18F4N4. The van der Waals surface area contributed by atoms with Gasteiger partial charge in [0.25, 0.3) is 0 Å². The summed E-state index contributed by atoms with van der Waals surface area (Å²) in [7, 11) is 0. The monoisotopic (exact) mass is 582 g/mol. The molecule has 3 aromatic heterocycles. The number of aromatic nitrogens is 4. The lowest BCUT2D eigenvalue weighted by Crippen LogP contribution is -1.86. The minimum absolute atomic E-state index is 0.00510. The van der Waals surface area contributed by atoms with E-state index in [1.54, 1.807) is 97.1 Å². The van der Waals surface area contributed by atoms with E-state index in [4.69, 9.17) is 0 Å². The van der Waals surface area contributed by atoms with Gasteiger partial charge in [0.15, 0.2) is 23.3 Å². The lowest BCUT2D eigenvalue weighted by Gasteiger charge is -2.00. The lowest BCUT2D eigenvalue weighted by molar-refractivity contribution is 0.628. The largest absolute Gasteiger partial charge is 0.350 e.